The molecule has 0 aliphatic rings. The van der Waals surface area contributed by atoms with Crippen molar-refractivity contribution in [3.63, 3.8) is 0 Å². The Morgan fingerprint density at radius 3 is 2.45 bits per heavy atom. The number of rotatable bonds is 2. The van der Waals surface area contributed by atoms with E-state index in [0.29, 0.717) is 0 Å². The molecule has 0 aromatic heterocycles. The molecule has 0 amide bonds. The van der Waals surface area contributed by atoms with Crippen LogP contribution in [0.4, 0.5) is 0 Å². The zero-order valence-electron chi connectivity index (χ0n) is 7.77. The molecular weight excluding hydrogens is 168 g/mol. The van der Waals surface area contributed by atoms with Crippen LogP contribution < -0.4 is 0 Å². The zero-order chi connectivity index (χ0) is 8.74. The average Bonchev–Trinajstić information content (AvgIpc) is 1.85. The molecule has 0 saturated carbocycles. The van der Waals surface area contributed by atoms with E-state index in [2.05, 4.69) is 42.6 Å². The van der Waals surface area contributed by atoms with Gasteiger partial charge in [-0.15, -0.1) is 5.54 Å². The van der Waals surface area contributed by atoms with Crippen LogP contribution in [0, 0.1) is 10.8 Å². The fourth-order valence-electron chi connectivity index (χ4n) is 0.375. The first-order chi connectivity index (χ1) is 5.06. The average molecular weight is 184 g/mol. The molecule has 0 unspecified atom stereocenters. The quantitative estimate of drug-likeness (QED) is 0.275. The Labute approximate surface area is 75.5 Å². The first-order valence-corrected chi connectivity index (χ1v) is 8.30. The minimum absolute atomic E-state index is 1.02. The third-order valence-electron chi connectivity index (χ3n) is 0.913. The standard InChI is InChI=1S/C9H16SSi/c1-5-6-7-10-8-9-11(2,3)4/h5-6H,7H2,1-4H3/b6-5+. The summed E-state index contributed by atoms with van der Waals surface area (Å²) in [5.74, 6) is 1.02. The minimum Gasteiger partial charge on any atom is -0.120 e. The van der Waals surface area contributed by atoms with Crippen LogP contribution in [0.1, 0.15) is 6.92 Å². The van der Waals surface area contributed by atoms with Gasteiger partial charge in [-0.2, -0.15) is 0 Å². The lowest BCUT2D eigenvalue weighted by Gasteiger charge is -2.02. The molecule has 0 aromatic rings. The van der Waals surface area contributed by atoms with Gasteiger partial charge in [0, 0.05) is 5.75 Å². The molecule has 0 spiro atoms. The van der Waals surface area contributed by atoms with Gasteiger partial charge in [0.1, 0.15) is 8.07 Å². The highest BCUT2D eigenvalue weighted by molar-refractivity contribution is 8.04. The molecule has 62 valence electrons. The van der Waals surface area contributed by atoms with Crippen molar-refractivity contribution in [2.24, 2.45) is 0 Å². The second-order valence-electron chi connectivity index (χ2n) is 3.36. The van der Waals surface area contributed by atoms with E-state index in [9.17, 15) is 0 Å². The molecule has 0 fully saturated rings. The Morgan fingerprint density at radius 1 is 1.36 bits per heavy atom. The maximum atomic E-state index is 3.30. The first kappa shape index (κ1) is 10.9. The number of hydrogen-bond donors (Lipinski definition) is 0. The summed E-state index contributed by atoms with van der Waals surface area (Å²) in [4.78, 5) is 0. The second kappa shape index (κ2) is 5.51. The van der Waals surface area contributed by atoms with Gasteiger partial charge in [-0.1, -0.05) is 43.6 Å². The molecular formula is C9H16SSi. The van der Waals surface area contributed by atoms with E-state index in [1.165, 1.54) is 0 Å². The van der Waals surface area contributed by atoms with E-state index >= 15 is 0 Å². The lowest BCUT2D eigenvalue weighted by Crippen LogP contribution is -2.15. The van der Waals surface area contributed by atoms with Gasteiger partial charge in [0.05, 0.1) is 0 Å². The highest BCUT2D eigenvalue weighted by Crippen LogP contribution is 2.01. The predicted molar refractivity (Wildman–Crippen MR) is 58.4 cm³/mol. The van der Waals surface area contributed by atoms with Crippen LogP contribution in [0.2, 0.25) is 19.6 Å². The van der Waals surface area contributed by atoms with E-state index in [-0.39, 0.29) is 0 Å². The van der Waals surface area contributed by atoms with E-state index < -0.39 is 8.07 Å². The summed E-state index contributed by atoms with van der Waals surface area (Å²) in [6.45, 7) is 8.81. The normalized spacial score (nSPS) is 11.3. The van der Waals surface area contributed by atoms with Gasteiger partial charge in [-0.3, -0.25) is 0 Å². The summed E-state index contributed by atoms with van der Waals surface area (Å²) in [7, 11) is -1.12. The van der Waals surface area contributed by atoms with Crippen LogP contribution in [0.3, 0.4) is 0 Å². The molecule has 0 N–H and O–H groups in total. The molecule has 0 heterocycles. The van der Waals surface area contributed by atoms with E-state index in [1.807, 2.05) is 6.92 Å². The topological polar surface area (TPSA) is 0 Å². The van der Waals surface area contributed by atoms with Crippen LogP contribution >= 0.6 is 11.8 Å². The van der Waals surface area contributed by atoms with Gasteiger partial charge in [-0.05, 0) is 12.2 Å². The van der Waals surface area contributed by atoms with E-state index in [4.69, 9.17) is 0 Å². The third kappa shape index (κ3) is 9.87. The van der Waals surface area contributed by atoms with Crippen LogP contribution in [-0.2, 0) is 0 Å². The lowest BCUT2D eigenvalue weighted by atomic mass is 10.6. The molecule has 0 bridgehead atoms. The van der Waals surface area contributed by atoms with Gasteiger partial charge in [0.2, 0.25) is 0 Å². The van der Waals surface area contributed by atoms with Crippen molar-refractivity contribution in [2.45, 2.75) is 26.6 Å². The Hall–Kier alpha value is -0.133. The monoisotopic (exact) mass is 184 g/mol. The highest BCUT2D eigenvalue weighted by atomic mass is 32.2. The summed E-state index contributed by atoms with van der Waals surface area (Å²) < 4.78 is 0. The van der Waals surface area contributed by atoms with Crippen molar-refractivity contribution in [2.75, 3.05) is 5.75 Å². The maximum absolute atomic E-state index is 3.30. The van der Waals surface area contributed by atoms with Crippen molar-refractivity contribution in [1.29, 1.82) is 0 Å². The van der Waals surface area contributed by atoms with E-state index in [0.717, 1.165) is 5.75 Å². The third-order valence-corrected chi connectivity index (χ3v) is 2.58. The molecule has 0 aromatic carbocycles. The lowest BCUT2D eigenvalue weighted by molar-refractivity contribution is 1.66. The Balaban J connectivity index is 3.57. The second-order valence-corrected chi connectivity index (χ2v) is 8.93. The number of allylic oxidation sites excluding steroid dienone is 1. The molecule has 2 heteroatoms. The molecule has 0 saturated heterocycles. The number of hydrogen-bond acceptors (Lipinski definition) is 1. The van der Waals surface area contributed by atoms with Crippen molar-refractivity contribution in [1.82, 2.24) is 0 Å². The Morgan fingerprint density at radius 2 is 2.00 bits per heavy atom. The maximum Gasteiger partial charge on any atom is 0.130 e. The fraction of sp³-hybridized carbons (Fsp3) is 0.556. The molecule has 0 nitrogen and oxygen atoms in total. The van der Waals surface area contributed by atoms with E-state index in [1.54, 1.807) is 11.8 Å². The van der Waals surface area contributed by atoms with Gasteiger partial charge in [0.25, 0.3) is 0 Å². The predicted octanol–water partition coefficient (Wildman–Crippen LogP) is 3.13. The zero-order valence-corrected chi connectivity index (χ0v) is 9.59. The number of thioether (sulfide) groups is 1. The fourth-order valence-corrected chi connectivity index (χ4v) is 2.26. The van der Waals surface area contributed by atoms with Gasteiger partial charge in [0.15, 0.2) is 0 Å². The highest BCUT2D eigenvalue weighted by Gasteiger charge is 2.06. The molecule has 0 radical (unpaired) electrons. The Kier molecular flexibility index (Phi) is 5.44. The summed E-state index contributed by atoms with van der Waals surface area (Å²) in [6.07, 6.45) is 4.19. The van der Waals surface area contributed by atoms with Crippen LogP contribution in [0.15, 0.2) is 12.2 Å². The van der Waals surface area contributed by atoms with Crippen molar-refractivity contribution in [3.8, 4) is 10.8 Å². The van der Waals surface area contributed by atoms with Crippen molar-refractivity contribution < 1.29 is 0 Å². The van der Waals surface area contributed by atoms with Crippen molar-refractivity contribution in [3.05, 3.63) is 12.2 Å². The SMILES string of the molecule is C/C=C/CSC#C[Si](C)(C)C. The molecule has 11 heavy (non-hydrogen) atoms. The van der Waals surface area contributed by atoms with Gasteiger partial charge < -0.3 is 0 Å². The Bertz CT molecular complexity index is 178. The minimum atomic E-state index is -1.12. The largest absolute Gasteiger partial charge is 0.130 e. The first-order valence-electron chi connectivity index (χ1n) is 3.81. The summed E-state index contributed by atoms with van der Waals surface area (Å²) in [6, 6.07) is 0. The summed E-state index contributed by atoms with van der Waals surface area (Å²) in [5, 5.41) is 3.14. The van der Waals surface area contributed by atoms with Crippen LogP contribution in [0.25, 0.3) is 0 Å². The summed E-state index contributed by atoms with van der Waals surface area (Å²) >= 11 is 1.69. The van der Waals surface area contributed by atoms with Gasteiger partial charge in [-0.25, -0.2) is 0 Å². The molecule has 0 aliphatic carbocycles. The smallest absolute Gasteiger partial charge is 0.120 e. The van der Waals surface area contributed by atoms with Crippen LogP contribution in [-0.4, -0.2) is 13.8 Å². The molecule has 0 aliphatic heterocycles. The van der Waals surface area contributed by atoms with Crippen molar-refractivity contribution >= 4 is 19.8 Å². The van der Waals surface area contributed by atoms with Crippen LogP contribution in [0.5, 0.6) is 0 Å². The van der Waals surface area contributed by atoms with Gasteiger partial charge >= 0.3 is 0 Å². The summed E-state index contributed by atoms with van der Waals surface area (Å²) in [5.41, 5.74) is 3.30. The molecule has 0 atom stereocenters. The molecule has 0 rings (SSSR count).